The van der Waals surface area contributed by atoms with Gasteiger partial charge in [0.05, 0.1) is 11.9 Å². The lowest BCUT2D eigenvalue weighted by Crippen LogP contribution is -2.18. The average molecular weight is 247 g/mol. The summed E-state index contributed by atoms with van der Waals surface area (Å²) in [5.41, 5.74) is 7.18. The third-order valence-corrected chi connectivity index (χ3v) is 2.62. The fourth-order valence-electron chi connectivity index (χ4n) is 1.70. The second-order valence-electron chi connectivity index (χ2n) is 4.10. The maximum atomic E-state index is 10.7. The predicted octanol–water partition coefficient (Wildman–Crippen LogP) is 0.802. The second kappa shape index (κ2) is 5.39. The van der Waals surface area contributed by atoms with Gasteiger partial charge in [-0.1, -0.05) is 0 Å². The van der Waals surface area contributed by atoms with E-state index >= 15 is 0 Å². The summed E-state index contributed by atoms with van der Waals surface area (Å²) in [7, 11) is 0. The third kappa shape index (κ3) is 3.13. The van der Waals surface area contributed by atoms with Crippen molar-refractivity contribution in [2.24, 2.45) is 5.73 Å². The number of aryl methyl sites for hydroxylation is 1. The fourth-order valence-corrected chi connectivity index (χ4v) is 1.70. The minimum absolute atomic E-state index is 0.105. The number of amides is 1. The molecule has 1 amide bonds. The molecule has 0 aliphatic carbocycles. The quantitative estimate of drug-likeness (QED) is 0.792. The Morgan fingerprint density at radius 2 is 2.33 bits per heavy atom. The SMILES string of the molecule is CCn1ccc(CNc2cnn(CC(N)=O)c2)c1. The van der Waals surface area contributed by atoms with E-state index in [0.29, 0.717) is 0 Å². The van der Waals surface area contributed by atoms with Gasteiger partial charge in [-0.3, -0.25) is 9.48 Å². The van der Waals surface area contributed by atoms with Crippen molar-refractivity contribution in [2.45, 2.75) is 26.6 Å². The molecule has 0 fully saturated rings. The van der Waals surface area contributed by atoms with E-state index in [1.807, 2.05) is 6.20 Å². The molecule has 2 aromatic heterocycles. The number of rotatable bonds is 6. The summed E-state index contributed by atoms with van der Waals surface area (Å²) in [6.45, 7) is 3.91. The lowest BCUT2D eigenvalue weighted by molar-refractivity contribution is -0.118. The highest BCUT2D eigenvalue weighted by Crippen LogP contribution is 2.08. The number of hydrogen-bond acceptors (Lipinski definition) is 3. The van der Waals surface area contributed by atoms with Crippen LogP contribution in [0.2, 0.25) is 0 Å². The molecule has 0 saturated heterocycles. The van der Waals surface area contributed by atoms with Crippen molar-refractivity contribution < 1.29 is 4.79 Å². The number of carbonyl (C=O) groups excluding carboxylic acids is 1. The van der Waals surface area contributed by atoms with Crippen LogP contribution in [0.3, 0.4) is 0 Å². The van der Waals surface area contributed by atoms with Crippen LogP contribution in [0, 0.1) is 0 Å². The van der Waals surface area contributed by atoms with Crippen LogP contribution in [0.4, 0.5) is 5.69 Å². The highest BCUT2D eigenvalue weighted by Gasteiger charge is 2.01. The molecule has 0 radical (unpaired) electrons. The highest BCUT2D eigenvalue weighted by atomic mass is 16.1. The van der Waals surface area contributed by atoms with Gasteiger partial charge in [0.2, 0.25) is 5.91 Å². The molecule has 0 unspecified atom stereocenters. The van der Waals surface area contributed by atoms with E-state index < -0.39 is 5.91 Å². The van der Waals surface area contributed by atoms with E-state index in [1.54, 1.807) is 12.4 Å². The van der Waals surface area contributed by atoms with Crippen molar-refractivity contribution in [1.29, 1.82) is 0 Å². The Morgan fingerprint density at radius 3 is 3.00 bits per heavy atom. The Hall–Kier alpha value is -2.24. The summed E-state index contributed by atoms with van der Waals surface area (Å²) in [5, 5.41) is 7.28. The zero-order valence-electron chi connectivity index (χ0n) is 10.3. The summed E-state index contributed by atoms with van der Waals surface area (Å²) in [6.07, 6.45) is 7.59. The monoisotopic (exact) mass is 247 g/mol. The van der Waals surface area contributed by atoms with E-state index in [-0.39, 0.29) is 6.54 Å². The van der Waals surface area contributed by atoms with Crippen LogP contribution in [0.25, 0.3) is 0 Å². The maximum absolute atomic E-state index is 10.7. The van der Waals surface area contributed by atoms with Gasteiger partial charge in [0.25, 0.3) is 0 Å². The maximum Gasteiger partial charge on any atom is 0.239 e. The Morgan fingerprint density at radius 1 is 1.50 bits per heavy atom. The Kier molecular flexibility index (Phi) is 3.66. The van der Waals surface area contributed by atoms with E-state index in [4.69, 9.17) is 5.73 Å². The van der Waals surface area contributed by atoms with Gasteiger partial charge in [0.1, 0.15) is 6.54 Å². The van der Waals surface area contributed by atoms with Crippen molar-refractivity contribution in [3.63, 3.8) is 0 Å². The Bertz CT molecular complexity index is 528. The number of carbonyl (C=O) groups is 1. The molecule has 0 aliphatic rings. The lowest BCUT2D eigenvalue weighted by atomic mass is 10.3. The molecule has 3 N–H and O–H groups in total. The number of hydrogen-bond donors (Lipinski definition) is 2. The molecular weight excluding hydrogens is 230 g/mol. The Labute approximate surface area is 105 Å². The van der Waals surface area contributed by atoms with Crippen LogP contribution in [-0.2, 0) is 24.4 Å². The minimum Gasteiger partial charge on any atom is -0.378 e. The summed E-state index contributed by atoms with van der Waals surface area (Å²) >= 11 is 0. The molecule has 6 nitrogen and oxygen atoms in total. The first-order valence-corrected chi connectivity index (χ1v) is 5.86. The molecule has 96 valence electrons. The van der Waals surface area contributed by atoms with Gasteiger partial charge in [0.15, 0.2) is 0 Å². The van der Waals surface area contributed by atoms with Crippen LogP contribution in [-0.4, -0.2) is 20.3 Å². The summed E-state index contributed by atoms with van der Waals surface area (Å²) in [4.78, 5) is 10.7. The average Bonchev–Trinajstić information content (AvgIpc) is 2.94. The molecule has 6 heteroatoms. The van der Waals surface area contributed by atoms with Crippen LogP contribution >= 0.6 is 0 Å². The number of nitrogens with one attached hydrogen (secondary N) is 1. The van der Waals surface area contributed by atoms with E-state index in [1.165, 1.54) is 10.2 Å². The van der Waals surface area contributed by atoms with Crippen LogP contribution < -0.4 is 11.1 Å². The number of aromatic nitrogens is 3. The van der Waals surface area contributed by atoms with Crippen LogP contribution in [0.1, 0.15) is 12.5 Å². The van der Waals surface area contributed by atoms with Crippen molar-refractivity contribution in [2.75, 3.05) is 5.32 Å². The van der Waals surface area contributed by atoms with Gasteiger partial charge in [-0.05, 0) is 18.6 Å². The fraction of sp³-hybridized carbons (Fsp3) is 0.333. The zero-order chi connectivity index (χ0) is 13.0. The largest absolute Gasteiger partial charge is 0.378 e. The van der Waals surface area contributed by atoms with Gasteiger partial charge in [-0.2, -0.15) is 5.10 Å². The van der Waals surface area contributed by atoms with Crippen LogP contribution in [0.5, 0.6) is 0 Å². The molecule has 0 atom stereocenters. The smallest absolute Gasteiger partial charge is 0.239 e. The molecule has 0 spiro atoms. The number of nitrogens with two attached hydrogens (primary N) is 1. The summed E-state index contributed by atoms with van der Waals surface area (Å²) in [6, 6.07) is 2.07. The molecule has 0 saturated carbocycles. The summed E-state index contributed by atoms with van der Waals surface area (Å²) < 4.78 is 3.63. The van der Waals surface area contributed by atoms with E-state index in [0.717, 1.165) is 18.8 Å². The van der Waals surface area contributed by atoms with Gasteiger partial charge < -0.3 is 15.6 Å². The first kappa shape index (κ1) is 12.2. The molecular formula is C12H17N5O. The first-order chi connectivity index (χ1) is 8.67. The molecule has 2 rings (SSSR count). The van der Waals surface area contributed by atoms with Crippen molar-refractivity contribution in [1.82, 2.24) is 14.3 Å². The predicted molar refractivity (Wildman–Crippen MR) is 68.9 cm³/mol. The van der Waals surface area contributed by atoms with Crippen molar-refractivity contribution in [3.05, 3.63) is 36.4 Å². The highest BCUT2D eigenvalue weighted by molar-refractivity contribution is 5.73. The molecule has 18 heavy (non-hydrogen) atoms. The van der Waals surface area contributed by atoms with Crippen molar-refractivity contribution in [3.8, 4) is 0 Å². The minimum atomic E-state index is -0.398. The zero-order valence-corrected chi connectivity index (χ0v) is 10.3. The number of nitrogens with zero attached hydrogens (tertiary/aromatic N) is 3. The van der Waals surface area contributed by atoms with E-state index in [9.17, 15) is 4.79 Å². The van der Waals surface area contributed by atoms with E-state index in [2.05, 4.69) is 34.2 Å². The number of primary amides is 1. The standard InChI is InChI=1S/C12H17N5O/c1-2-16-4-3-10(7-16)5-14-11-6-15-17(8-11)9-12(13)18/h3-4,6-8,14H,2,5,9H2,1H3,(H2,13,18). The van der Waals surface area contributed by atoms with Gasteiger partial charge in [-0.15, -0.1) is 0 Å². The molecule has 2 heterocycles. The molecule has 2 aromatic rings. The lowest BCUT2D eigenvalue weighted by Gasteiger charge is -2.01. The Balaban J connectivity index is 1.89. The van der Waals surface area contributed by atoms with Crippen LogP contribution in [0.15, 0.2) is 30.9 Å². The normalized spacial score (nSPS) is 10.5. The third-order valence-electron chi connectivity index (χ3n) is 2.62. The summed E-state index contributed by atoms with van der Waals surface area (Å²) in [5.74, 6) is -0.398. The molecule has 0 aromatic carbocycles. The van der Waals surface area contributed by atoms with Gasteiger partial charge >= 0.3 is 0 Å². The second-order valence-corrected chi connectivity index (χ2v) is 4.10. The topological polar surface area (TPSA) is 77.9 Å². The van der Waals surface area contributed by atoms with Gasteiger partial charge in [0, 0.05) is 31.7 Å². The number of anilines is 1. The molecule has 0 aliphatic heterocycles. The van der Waals surface area contributed by atoms with Gasteiger partial charge in [-0.25, -0.2) is 0 Å². The molecule has 0 bridgehead atoms. The first-order valence-electron chi connectivity index (χ1n) is 5.86. The van der Waals surface area contributed by atoms with Crippen molar-refractivity contribution >= 4 is 11.6 Å².